The molecule has 3 aromatic carbocycles. The highest BCUT2D eigenvalue weighted by molar-refractivity contribution is 6.46. The Morgan fingerprint density at radius 3 is 2.29 bits per heavy atom. The third-order valence-electron chi connectivity index (χ3n) is 5.66. The van der Waals surface area contributed by atoms with Crippen LogP contribution in [-0.4, -0.2) is 35.4 Å². The maximum absolute atomic E-state index is 13.2. The first-order valence-corrected chi connectivity index (χ1v) is 11.2. The van der Waals surface area contributed by atoms with Crippen LogP contribution in [0.2, 0.25) is 5.02 Å². The normalized spacial score (nSPS) is 17.1. The molecule has 34 heavy (non-hydrogen) atoms. The molecule has 1 unspecified atom stereocenters. The fourth-order valence-electron chi connectivity index (χ4n) is 4.02. The minimum absolute atomic E-state index is 0.0185. The number of aliphatic hydroxyl groups is 1. The molecule has 4 rings (SSSR count). The Bertz CT molecular complexity index is 1230. The van der Waals surface area contributed by atoms with Gasteiger partial charge in [0, 0.05) is 17.1 Å². The molecule has 1 atom stereocenters. The average molecular weight is 478 g/mol. The van der Waals surface area contributed by atoms with Crippen LogP contribution in [0.25, 0.3) is 5.76 Å². The van der Waals surface area contributed by atoms with Crippen LogP contribution in [0.5, 0.6) is 11.5 Å². The highest BCUT2D eigenvalue weighted by atomic mass is 35.5. The first-order chi connectivity index (χ1) is 16.4. The van der Waals surface area contributed by atoms with Crippen molar-refractivity contribution in [1.82, 2.24) is 4.90 Å². The molecular formula is C27H24ClNO5. The molecule has 1 saturated heterocycles. The zero-order chi connectivity index (χ0) is 24.2. The Kier molecular flexibility index (Phi) is 6.89. The average Bonchev–Trinajstić information content (AvgIpc) is 3.09. The molecule has 3 aromatic rings. The number of carbonyl (C=O) groups is 2. The number of halogens is 1. The monoisotopic (exact) mass is 477 g/mol. The molecule has 1 fully saturated rings. The van der Waals surface area contributed by atoms with Crippen LogP contribution in [0.1, 0.15) is 29.7 Å². The molecule has 0 saturated carbocycles. The summed E-state index contributed by atoms with van der Waals surface area (Å²) in [4.78, 5) is 27.8. The first-order valence-electron chi connectivity index (χ1n) is 10.8. The minimum atomic E-state index is -0.781. The van der Waals surface area contributed by atoms with E-state index in [0.29, 0.717) is 34.3 Å². The number of hydrogen-bond acceptors (Lipinski definition) is 5. The van der Waals surface area contributed by atoms with Crippen LogP contribution in [0, 0.1) is 0 Å². The number of hydrogen-bond donors (Lipinski definition) is 1. The molecule has 1 amide bonds. The molecule has 1 N–H and O–H groups in total. The maximum Gasteiger partial charge on any atom is 0.295 e. The van der Waals surface area contributed by atoms with Gasteiger partial charge in [0.2, 0.25) is 0 Å². The summed E-state index contributed by atoms with van der Waals surface area (Å²) in [5.41, 5.74) is 1.89. The summed E-state index contributed by atoms with van der Waals surface area (Å²) in [6, 6.07) is 20.2. The summed E-state index contributed by atoms with van der Waals surface area (Å²) in [5, 5.41) is 11.5. The van der Waals surface area contributed by atoms with Gasteiger partial charge >= 0.3 is 0 Å². The lowest BCUT2D eigenvalue weighted by Crippen LogP contribution is -2.29. The van der Waals surface area contributed by atoms with E-state index < -0.39 is 17.7 Å². The van der Waals surface area contributed by atoms with Gasteiger partial charge in [-0.15, -0.1) is 0 Å². The number of Topliss-reactive ketones (excluding diaryl/α,β-unsaturated/α-hetero) is 1. The quantitative estimate of drug-likeness (QED) is 0.281. The summed E-state index contributed by atoms with van der Waals surface area (Å²) in [6.07, 6.45) is 0. The van der Waals surface area contributed by atoms with Crippen molar-refractivity contribution >= 4 is 29.1 Å². The number of ketones is 1. The predicted molar refractivity (Wildman–Crippen MR) is 130 cm³/mol. The lowest BCUT2D eigenvalue weighted by atomic mass is 9.95. The number of nitrogens with zero attached hydrogens (tertiary/aromatic N) is 1. The number of amides is 1. The zero-order valence-electron chi connectivity index (χ0n) is 18.8. The third kappa shape index (κ3) is 4.63. The minimum Gasteiger partial charge on any atom is -0.507 e. The van der Waals surface area contributed by atoms with Crippen molar-refractivity contribution in [3.8, 4) is 11.5 Å². The molecule has 0 aromatic heterocycles. The van der Waals surface area contributed by atoms with Crippen LogP contribution < -0.4 is 9.47 Å². The van der Waals surface area contributed by atoms with Crippen molar-refractivity contribution < 1.29 is 24.2 Å². The number of rotatable bonds is 7. The SMILES string of the molecule is CCOc1ccc(C2/C(=C(/O)c3cccc(Cl)c3)C(=O)C(=O)N2Cc2ccc(OC)cc2)cc1. The summed E-state index contributed by atoms with van der Waals surface area (Å²) in [7, 11) is 1.58. The van der Waals surface area contributed by atoms with Crippen molar-refractivity contribution in [2.75, 3.05) is 13.7 Å². The van der Waals surface area contributed by atoms with E-state index in [4.69, 9.17) is 21.1 Å². The van der Waals surface area contributed by atoms with Gasteiger partial charge in [-0.25, -0.2) is 0 Å². The van der Waals surface area contributed by atoms with E-state index in [1.165, 1.54) is 4.90 Å². The van der Waals surface area contributed by atoms with E-state index in [1.54, 1.807) is 67.8 Å². The van der Waals surface area contributed by atoms with E-state index in [9.17, 15) is 14.7 Å². The standard InChI is InChI=1S/C27H24ClNO5/c1-3-34-22-13-9-18(10-14-22)24-23(25(30)19-5-4-6-20(28)15-19)26(31)27(32)29(24)16-17-7-11-21(33-2)12-8-17/h4-15,24,30H,3,16H2,1-2H3/b25-23-. The van der Waals surface area contributed by atoms with Crippen molar-refractivity contribution in [3.05, 3.63) is 100 Å². The van der Waals surface area contributed by atoms with Crippen molar-refractivity contribution in [2.45, 2.75) is 19.5 Å². The zero-order valence-corrected chi connectivity index (χ0v) is 19.6. The molecule has 0 radical (unpaired) electrons. The largest absolute Gasteiger partial charge is 0.507 e. The molecule has 0 bridgehead atoms. The fourth-order valence-corrected chi connectivity index (χ4v) is 4.21. The van der Waals surface area contributed by atoms with Crippen LogP contribution >= 0.6 is 11.6 Å². The van der Waals surface area contributed by atoms with Crippen LogP contribution in [0.3, 0.4) is 0 Å². The van der Waals surface area contributed by atoms with Gasteiger partial charge in [0.05, 0.1) is 25.3 Å². The third-order valence-corrected chi connectivity index (χ3v) is 5.89. The summed E-state index contributed by atoms with van der Waals surface area (Å²) in [6.45, 7) is 2.59. The van der Waals surface area contributed by atoms with Gasteiger partial charge in [-0.05, 0) is 54.4 Å². The number of aliphatic hydroxyl groups excluding tert-OH is 1. The second-order valence-corrected chi connectivity index (χ2v) is 8.22. The molecular weight excluding hydrogens is 454 g/mol. The molecule has 0 spiro atoms. The van der Waals surface area contributed by atoms with Crippen molar-refractivity contribution in [2.24, 2.45) is 0 Å². The van der Waals surface area contributed by atoms with Gasteiger partial charge in [-0.2, -0.15) is 0 Å². The van der Waals surface area contributed by atoms with Crippen molar-refractivity contribution in [1.29, 1.82) is 0 Å². The van der Waals surface area contributed by atoms with Crippen molar-refractivity contribution in [3.63, 3.8) is 0 Å². The number of methoxy groups -OCH3 is 1. The highest BCUT2D eigenvalue weighted by Gasteiger charge is 2.46. The number of benzene rings is 3. The van der Waals surface area contributed by atoms with Crippen LogP contribution in [0.4, 0.5) is 0 Å². The molecule has 1 aliphatic rings. The van der Waals surface area contributed by atoms with Gasteiger partial charge in [0.25, 0.3) is 11.7 Å². The van der Waals surface area contributed by atoms with E-state index in [2.05, 4.69) is 0 Å². The lowest BCUT2D eigenvalue weighted by Gasteiger charge is -2.25. The molecule has 1 aliphatic heterocycles. The topological polar surface area (TPSA) is 76.1 Å². The van der Waals surface area contributed by atoms with Crippen LogP contribution in [-0.2, 0) is 16.1 Å². The Morgan fingerprint density at radius 1 is 1.00 bits per heavy atom. The molecule has 1 heterocycles. The van der Waals surface area contributed by atoms with Gasteiger partial charge in [-0.3, -0.25) is 9.59 Å². The van der Waals surface area contributed by atoms with Gasteiger partial charge in [-0.1, -0.05) is 48.0 Å². The second kappa shape index (κ2) is 10.0. The first kappa shape index (κ1) is 23.4. The van der Waals surface area contributed by atoms with E-state index in [-0.39, 0.29) is 17.9 Å². The molecule has 6 nitrogen and oxygen atoms in total. The van der Waals surface area contributed by atoms with E-state index in [0.717, 1.165) is 5.56 Å². The molecule has 174 valence electrons. The second-order valence-electron chi connectivity index (χ2n) is 7.79. The number of ether oxygens (including phenoxy) is 2. The summed E-state index contributed by atoms with van der Waals surface area (Å²) < 4.78 is 10.7. The maximum atomic E-state index is 13.2. The fraction of sp³-hybridized carbons (Fsp3) is 0.185. The van der Waals surface area contributed by atoms with Gasteiger partial charge < -0.3 is 19.5 Å². The number of likely N-dealkylation sites (tertiary alicyclic amines) is 1. The molecule has 0 aliphatic carbocycles. The Labute approximate surface area is 203 Å². The smallest absolute Gasteiger partial charge is 0.295 e. The van der Waals surface area contributed by atoms with E-state index >= 15 is 0 Å². The number of carbonyl (C=O) groups excluding carboxylic acids is 2. The van der Waals surface area contributed by atoms with Crippen LogP contribution in [0.15, 0.2) is 78.4 Å². The van der Waals surface area contributed by atoms with Gasteiger partial charge in [0.1, 0.15) is 17.3 Å². The highest BCUT2D eigenvalue weighted by Crippen LogP contribution is 2.41. The summed E-state index contributed by atoms with van der Waals surface area (Å²) >= 11 is 6.10. The Morgan fingerprint density at radius 2 is 1.68 bits per heavy atom. The lowest BCUT2D eigenvalue weighted by molar-refractivity contribution is -0.140. The molecule has 7 heteroatoms. The van der Waals surface area contributed by atoms with Gasteiger partial charge in [0.15, 0.2) is 0 Å². The Hall–Kier alpha value is -3.77. The van der Waals surface area contributed by atoms with E-state index in [1.807, 2.05) is 19.1 Å². The summed E-state index contributed by atoms with van der Waals surface area (Å²) in [5.74, 6) is -0.330. The Balaban J connectivity index is 1.81. The predicted octanol–water partition coefficient (Wildman–Crippen LogP) is 5.37.